The van der Waals surface area contributed by atoms with Gasteiger partial charge in [0.15, 0.2) is 5.75 Å². The van der Waals surface area contributed by atoms with Gasteiger partial charge in [0.2, 0.25) is 0 Å². The van der Waals surface area contributed by atoms with Gasteiger partial charge in [0.25, 0.3) is 0 Å². The molecule has 1 N–H and O–H groups in total. The zero-order chi connectivity index (χ0) is 15.2. The van der Waals surface area contributed by atoms with Gasteiger partial charge in [-0.2, -0.15) is 5.10 Å². The van der Waals surface area contributed by atoms with E-state index in [4.69, 9.17) is 9.47 Å². The van der Waals surface area contributed by atoms with Gasteiger partial charge in [-0.3, -0.25) is 4.68 Å². The highest BCUT2D eigenvalue weighted by molar-refractivity contribution is 5.49. The zero-order valence-electron chi connectivity index (χ0n) is 12.8. The van der Waals surface area contributed by atoms with E-state index in [-0.39, 0.29) is 5.60 Å². The van der Waals surface area contributed by atoms with Crippen LogP contribution in [0.25, 0.3) is 0 Å². The molecule has 0 spiro atoms. The fourth-order valence-corrected chi connectivity index (χ4v) is 2.90. The smallest absolute Gasteiger partial charge is 0.162 e. The van der Waals surface area contributed by atoms with Crippen LogP contribution in [0.3, 0.4) is 0 Å². The fraction of sp³-hybridized carbons (Fsp3) is 0.438. The lowest BCUT2D eigenvalue weighted by Crippen LogP contribution is -2.25. The summed E-state index contributed by atoms with van der Waals surface area (Å²) in [7, 11) is 3.36. The minimum absolute atomic E-state index is 0.241. The van der Waals surface area contributed by atoms with Gasteiger partial charge in [0.1, 0.15) is 23.1 Å². The lowest BCUT2D eigenvalue weighted by Gasteiger charge is -2.20. The average molecular weight is 288 g/mol. The Morgan fingerprint density at radius 1 is 1.43 bits per heavy atom. The molecule has 0 saturated heterocycles. The van der Waals surface area contributed by atoms with E-state index in [1.165, 1.54) is 0 Å². The Morgan fingerprint density at radius 2 is 2.19 bits per heavy atom. The molecule has 1 unspecified atom stereocenters. The van der Waals surface area contributed by atoms with Crippen LogP contribution in [0.1, 0.15) is 36.8 Å². The first-order valence-electron chi connectivity index (χ1n) is 6.97. The molecule has 0 aliphatic carbocycles. The Kier molecular flexibility index (Phi) is 3.17. The van der Waals surface area contributed by atoms with Gasteiger partial charge in [-0.1, -0.05) is 18.2 Å². The molecule has 5 heteroatoms. The number of hydrogen-bond donors (Lipinski definition) is 1. The summed E-state index contributed by atoms with van der Waals surface area (Å²) >= 11 is 0. The van der Waals surface area contributed by atoms with Crippen molar-refractivity contribution in [2.75, 3.05) is 7.11 Å². The van der Waals surface area contributed by atoms with E-state index in [9.17, 15) is 5.11 Å². The molecule has 21 heavy (non-hydrogen) atoms. The second-order valence-corrected chi connectivity index (χ2v) is 6.00. The third kappa shape index (κ3) is 2.27. The summed E-state index contributed by atoms with van der Waals surface area (Å²) in [4.78, 5) is 0. The van der Waals surface area contributed by atoms with Crippen molar-refractivity contribution in [3.63, 3.8) is 0 Å². The summed E-state index contributed by atoms with van der Waals surface area (Å²) in [5.41, 5.74) is 2.26. The number of benzene rings is 1. The normalized spacial score (nSPS) is 17.2. The first-order chi connectivity index (χ1) is 9.93. The van der Waals surface area contributed by atoms with E-state index in [2.05, 4.69) is 5.10 Å². The Balaban J connectivity index is 2.06. The quantitative estimate of drug-likeness (QED) is 0.941. The first-order valence-corrected chi connectivity index (χ1v) is 6.97. The molecule has 0 fully saturated rings. The van der Waals surface area contributed by atoms with Crippen LogP contribution in [0.15, 0.2) is 24.4 Å². The second-order valence-electron chi connectivity index (χ2n) is 6.00. The molecule has 0 saturated carbocycles. The number of aliphatic hydroxyl groups is 1. The van der Waals surface area contributed by atoms with Crippen molar-refractivity contribution in [2.45, 2.75) is 32.0 Å². The maximum absolute atomic E-state index is 10.8. The van der Waals surface area contributed by atoms with Crippen molar-refractivity contribution in [1.29, 1.82) is 0 Å². The Morgan fingerprint density at radius 3 is 2.90 bits per heavy atom. The van der Waals surface area contributed by atoms with Gasteiger partial charge >= 0.3 is 0 Å². The zero-order valence-corrected chi connectivity index (χ0v) is 12.8. The summed E-state index contributed by atoms with van der Waals surface area (Å²) in [5, 5.41) is 14.9. The standard InChI is InChI=1S/C16H20N2O3/c1-16(2)8-10-6-5-7-11(15(10)21-16)14(19)13-12(20-4)9-17-18(13)3/h5-7,9,14,19H,8H2,1-4H3. The summed E-state index contributed by atoms with van der Waals surface area (Å²) in [6.45, 7) is 4.10. The lowest BCUT2D eigenvalue weighted by molar-refractivity contribution is 0.130. The summed E-state index contributed by atoms with van der Waals surface area (Å²) in [5.74, 6) is 1.35. The predicted molar refractivity (Wildman–Crippen MR) is 78.7 cm³/mol. The molecule has 0 amide bonds. The molecule has 2 aromatic rings. The highest BCUT2D eigenvalue weighted by Crippen LogP contribution is 2.42. The van der Waals surface area contributed by atoms with Crippen molar-refractivity contribution in [1.82, 2.24) is 9.78 Å². The van der Waals surface area contributed by atoms with Crippen molar-refractivity contribution in [3.05, 3.63) is 41.2 Å². The maximum atomic E-state index is 10.8. The van der Waals surface area contributed by atoms with Crippen LogP contribution >= 0.6 is 0 Å². The summed E-state index contributed by atoms with van der Waals surface area (Å²) < 4.78 is 12.9. The number of fused-ring (bicyclic) bond motifs is 1. The summed E-state index contributed by atoms with van der Waals surface area (Å²) in [6.07, 6.45) is 1.61. The van der Waals surface area contributed by atoms with E-state index >= 15 is 0 Å². The Bertz CT molecular complexity index is 676. The van der Waals surface area contributed by atoms with Crippen LogP contribution in [0.2, 0.25) is 0 Å². The number of methoxy groups -OCH3 is 1. The molecule has 0 radical (unpaired) electrons. The van der Waals surface area contributed by atoms with E-state index in [0.29, 0.717) is 11.4 Å². The largest absolute Gasteiger partial charge is 0.493 e. The minimum atomic E-state index is -0.837. The Labute approximate surface area is 124 Å². The number of hydrogen-bond acceptors (Lipinski definition) is 4. The van der Waals surface area contributed by atoms with Crippen LogP contribution in [0, 0.1) is 0 Å². The second kappa shape index (κ2) is 4.77. The molecule has 112 valence electrons. The van der Waals surface area contributed by atoms with Crippen molar-refractivity contribution in [3.8, 4) is 11.5 Å². The van der Waals surface area contributed by atoms with E-state index in [1.807, 2.05) is 32.0 Å². The third-order valence-electron chi connectivity index (χ3n) is 3.84. The molecular formula is C16H20N2O3. The first kappa shape index (κ1) is 13.9. The molecule has 2 heterocycles. The number of rotatable bonds is 3. The van der Waals surface area contributed by atoms with Crippen molar-refractivity contribution in [2.24, 2.45) is 7.05 Å². The number of para-hydroxylation sites is 1. The number of aryl methyl sites for hydroxylation is 1. The van der Waals surface area contributed by atoms with Gasteiger partial charge < -0.3 is 14.6 Å². The lowest BCUT2D eigenvalue weighted by atomic mass is 9.98. The molecule has 1 atom stereocenters. The Hall–Kier alpha value is -2.01. The minimum Gasteiger partial charge on any atom is -0.493 e. The molecule has 1 aliphatic heterocycles. The third-order valence-corrected chi connectivity index (χ3v) is 3.84. The SMILES string of the molecule is COc1cnn(C)c1C(O)c1cccc2c1OC(C)(C)C2. The monoisotopic (exact) mass is 288 g/mol. The van der Waals surface area contributed by atoms with E-state index < -0.39 is 6.10 Å². The van der Waals surface area contributed by atoms with E-state index in [0.717, 1.165) is 23.3 Å². The van der Waals surface area contributed by atoms with Gasteiger partial charge in [0.05, 0.1) is 13.3 Å². The van der Waals surface area contributed by atoms with Gasteiger partial charge in [-0.05, 0) is 19.4 Å². The highest BCUT2D eigenvalue weighted by atomic mass is 16.5. The van der Waals surface area contributed by atoms with Gasteiger partial charge in [-0.15, -0.1) is 0 Å². The maximum Gasteiger partial charge on any atom is 0.162 e. The fourth-order valence-electron chi connectivity index (χ4n) is 2.90. The number of aromatic nitrogens is 2. The molecule has 0 bridgehead atoms. The number of nitrogens with zero attached hydrogens (tertiary/aromatic N) is 2. The molecule has 1 aromatic carbocycles. The average Bonchev–Trinajstić information content (AvgIpc) is 2.95. The van der Waals surface area contributed by atoms with Crippen LogP contribution in [0.5, 0.6) is 11.5 Å². The molecule has 1 aliphatic rings. The molecular weight excluding hydrogens is 268 g/mol. The summed E-state index contributed by atoms with van der Waals surface area (Å²) in [6, 6.07) is 5.88. The van der Waals surface area contributed by atoms with Gasteiger partial charge in [-0.25, -0.2) is 0 Å². The number of aliphatic hydroxyl groups excluding tert-OH is 1. The van der Waals surface area contributed by atoms with Crippen LogP contribution in [0.4, 0.5) is 0 Å². The van der Waals surface area contributed by atoms with Crippen LogP contribution in [-0.2, 0) is 13.5 Å². The molecule has 1 aromatic heterocycles. The highest BCUT2D eigenvalue weighted by Gasteiger charge is 2.34. The van der Waals surface area contributed by atoms with Crippen molar-refractivity contribution >= 4 is 0 Å². The van der Waals surface area contributed by atoms with Gasteiger partial charge in [0, 0.05) is 19.0 Å². The van der Waals surface area contributed by atoms with E-state index in [1.54, 1.807) is 25.0 Å². The molecule has 3 rings (SSSR count). The topological polar surface area (TPSA) is 56.5 Å². The van der Waals surface area contributed by atoms with Crippen molar-refractivity contribution < 1.29 is 14.6 Å². The van der Waals surface area contributed by atoms with Crippen LogP contribution in [-0.4, -0.2) is 27.6 Å². The molecule has 5 nitrogen and oxygen atoms in total. The number of ether oxygens (including phenoxy) is 2. The van der Waals surface area contributed by atoms with Crippen LogP contribution < -0.4 is 9.47 Å². The predicted octanol–water partition coefficient (Wildman–Crippen LogP) is 2.22.